The van der Waals surface area contributed by atoms with Gasteiger partial charge in [0.05, 0.1) is 5.56 Å². The predicted octanol–water partition coefficient (Wildman–Crippen LogP) is 1.73. The van der Waals surface area contributed by atoms with E-state index in [1.807, 2.05) is 0 Å². The highest BCUT2D eigenvalue weighted by atomic mass is 16.2. The van der Waals surface area contributed by atoms with Crippen molar-refractivity contribution in [1.82, 2.24) is 10.3 Å². The highest BCUT2D eigenvalue weighted by Crippen LogP contribution is 2.36. The van der Waals surface area contributed by atoms with Gasteiger partial charge in [0, 0.05) is 12.2 Å². The Kier molecular flexibility index (Phi) is 4.41. The number of pyridine rings is 1. The van der Waals surface area contributed by atoms with Crippen LogP contribution in [0.2, 0.25) is 0 Å². The number of nitrogens with one attached hydrogen (secondary N) is 1. The molecule has 1 aromatic heterocycles. The number of carbonyl (C=O) groups is 1. The molecule has 2 rings (SSSR count). The normalized spacial score (nSPS) is 20.1. The van der Waals surface area contributed by atoms with E-state index in [-0.39, 0.29) is 18.6 Å². The monoisotopic (exact) mass is 272 g/mol. The Morgan fingerprint density at radius 3 is 3.05 bits per heavy atom. The fourth-order valence-corrected chi connectivity index (χ4v) is 2.63. The molecule has 4 nitrogen and oxygen atoms in total. The van der Waals surface area contributed by atoms with E-state index in [1.54, 1.807) is 18.3 Å². The van der Waals surface area contributed by atoms with Crippen molar-refractivity contribution >= 4 is 5.91 Å². The molecule has 4 heteroatoms. The molecule has 1 aromatic rings. The van der Waals surface area contributed by atoms with Crippen molar-refractivity contribution in [2.24, 2.45) is 5.41 Å². The molecule has 1 unspecified atom stereocenters. The summed E-state index contributed by atoms with van der Waals surface area (Å²) in [7, 11) is 0. The molecule has 0 aliphatic heterocycles. The maximum absolute atomic E-state index is 12.3. The Bertz CT molecular complexity index is 555. The van der Waals surface area contributed by atoms with E-state index in [4.69, 9.17) is 5.11 Å². The summed E-state index contributed by atoms with van der Waals surface area (Å²) >= 11 is 0. The van der Waals surface area contributed by atoms with Crippen LogP contribution in [0.25, 0.3) is 0 Å². The van der Waals surface area contributed by atoms with Gasteiger partial charge in [-0.05, 0) is 36.8 Å². The van der Waals surface area contributed by atoms with E-state index in [1.165, 1.54) is 0 Å². The molecule has 20 heavy (non-hydrogen) atoms. The van der Waals surface area contributed by atoms with Crippen LogP contribution < -0.4 is 5.32 Å². The summed E-state index contributed by atoms with van der Waals surface area (Å²) in [6.07, 6.45) is 4.70. The number of aromatic nitrogens is 1. The van der Waals surface area contributed by atoms with E-state index in [2.05, 4.69) is 36.0 Å². The van der Waals surface area contributed by atoms with E-state index in [0.29, 0.717) is 16.7 Å². The van der Waals surface area contributed by atoms with Crippen LogP contribution in [0.15, 0.2) is 18.3 Å². The zero-order chi connectivity index (χ0) is 14.6. The van der Waals surface area contributed by atoms with Crippen molar-refractivity contribution in [2.45, 2.75) is 39.2 Å². The summed E-state index contributed by atoms with van der Waals surface area (Å²) in [5.41, 5.74) is 1.18. The second-order valence-corrected chi connectivity index (χ2v) is 5.94. The Balaban J connectivity index is 2.10. The van der Waals surface area contributed by atoms with Crippen molar-refractivity contribution in [3.63, 3.8) is 0 Å². The van der Waals surface area contributed by atoms with Gasteiger partial charge in [0.2, 0.25) is 0 Å². The molecule has 0 spiro atoms. The minimum Gasteiger partial charge on any atom is -0.384 e. The number of nitrogens with zero attached hydrogens (tertiary/aromatic N) is 1. The first-order valence-electron chi connectivity index (χ1n) is 6.87. The molecule has 1 aliphatic rings. The second kappa shape index (κ2) is 6.06. The fraction of sp³-hybridized carbons (Fsp3) is 0.500. The van der Waals surface area contributed by atoms with Gasteiger partial charge in [0.1, 0.15) is 12.3 Å². The van der Waals surface area contributed by atoms with E-state index in [9.17, 15) is 4.79 Å². The zero-order valence-corrected chi connectivity index (χ0v) is 11.9. The van der Waals surface area contributed by atoms with Gasteiger partial charge in [-0.3, -0.25) is 4.79 Å². The minimum atomic E-state index is -0.229. The van der Waals surface area contributed by atoms with Crippen LogP contribution in [0, 0.1) is 17.3 Å². The third-order valence-corrected chi connectivity index (χ3v) is 3.63. The second-order valence-electron chi connectivity index (χ2n) is 5.94. The quantitative estimate of drug-likeness (QED) is 0.806. The summed E-state index contributed by atoms with van der Waals surface area (Å²) in [6, 6.07) is 3.68. The van der Waals surface area contributed by atoms with Gasteiger partial charge in [-0.1, -0.05) is 25.7 Å². The largest absolute Gasteiger partial charge is 0.384 e. The smallest absolute Gasteiger partial charge is 0.271 e. The van der Waals surface area contributed by atoms with Crippen molar-refractivity contribution in [3.8, 4) is 11.8 Å². The number of aliphatic hydroxyl groups excluding tert-OH is 1. The zero-order valence-electron chi connectivity index (χ0n) is 11.9. The van der Waals surface area contributed by atoms with Gasteiger partial charge in [-0.2, -0.15) is 0 Å². The lowest BCUT2D eigenvalue weighted by Crippen LogP contribution is -2.34. The first-order chi connectivity index (χ1) is 9.52. The van der Waals surface area contributed by atoms with Gasteiger partial charge < -0.3 is 10.4 Å². The standard InChI is InChI=1S/C16H20N2O2/c1-16(2)8-7-13(11-16)18-15(20)14-12(6-4-10-19)5-3-9-17-14/h3,5,9,13,19H,7-8,10-11H2,1-2H3,(H,18,20). The summed E-state index contributed by atoms with van der Waals surface area (Å²) in [4.78, 5) is 16.4. The fourth-order valence-electron chi connectivity index (χ4n) is 2.63. The van der Waals surface area contributed by atoms with Crippen molar-refractivity contribution in [2.75, 3.05) is 6.61 Å². The molecule has 1 fully saturated rings. The summed E-state index contributed by atoms with van der Waals surface area (Å²) in [5, 5.41) is 11.8. The molecule has 1 amide bonds. The maximum Gasteiger partial charge on any atom is 0.271 e. The van der Waals surface area contributed by atoms with Gasteiger partial charge in [-0.15, -0.1) is 0 Å². The van der Waals surface area contributed by atoms with Gasteiger partial charge in [0.15, 0.2) is 0 Å². The van der Waals surface area contributed by atoms with E-state index >= 15 is 0 Å². The number of rotatable bonds is 2. The molecule has 0 radical (unpaired) electrons. The van der Waals surface area contributed by atoms with Crippen LogP contribution in [-0.2, 0) is 0 Å². The molecule has 1 heterocycles. The average Bonchev–Trinajstić information content (AvgIpc) is 2.76. The molecular formula is C16H20N2O2. The third kappa shape index (κ3) is 3.58. The lowest BCUT2D eigenvalue weighted by atomic mass is 9.92. The Labute approximate surface area is 119 Å². The third-order valence-electron chi connectivity index (χ3n) is 3.63. The topological polar surface area (TPSA) is 62.2 Å². The van der Waals surface area contributed by atoms with Crippen LogP contribution in [-0.4, -0.2) is 28.6 Å². The Hall–Kier alpha value is -1.86. The number of aliphatic hydroxyl groups is 1. The highest BCUT2D eigenvalue weighted by molar-refractivity contribution is 5.94. The first-order valence-corrected chi connectivity index (χ1v) is 6.87. The van der Waals surface area contributed by atoms with Gasteiger partial charge in [-0.25, -0.2) is 4.98 Å². The lowest BCUT2D eigenvalue weighted by molar-refractivity contribution is 0.0930. The van der Waals surface area contributed by atoms with Crippen LogP contribution >= 0.6 is 0 Å². The SMILES string of the molecule is CC1(C)CCC(NC(=O)c2ncccc2C#CCO)C1. The molecule has 0 saturated heterocycles. The molecule has 0 bridgehead atoms. The number of carbonyl (C=O) groups excluding carboxylic acids is 1. The van der Waals surface area contributed by atoms with Crippen LogP contribution in [0.4, 0.5) is 0 Å². The molecule has 106 valence electrons. The molecular weight excluding hydrogens is 252 g/mol. The minimum absolute atomic E-state index is 0.185. The van der Waals surface area contributed by atoms with Crippen molar-refractivity contribution in [3.05, 3.63) is 29.6 Å². The van der Waals surface area contributed by atoms with Crippen LogP contribution in [0.3, 0.4) is 0 Å². The van der Waals surface area contributed by atoms with Crippen LogP contribution in [0.1, 0.15) is 49.2 Å². The van der Waals surface area contributed by atoms with Gasteiger partial charge in [0.25, 0.3) is 5.91 Å². The van der Waals surface area contributed by atoms with Gasteiger partial charge >= 0.3 is 0 Å². The number of amides is 1. The number of hydrogen-bond donors (Lipinski definition) is 2. The van der Waals surface area contributed by atoms with Crippen LogP contribution in [0.5, 0.6) is 0 Å². The predicted molar refractivity (Wildman–Crippen MR) is 77.1 cm³/mol. The highest BCUT2D eigenvalue weighted by Gasteiger charge is 2.32. The summed E-state index contributed by atoms with van der Waals surface area (Å²) < 4.78 is 0. The first kappa shape index (κ1) is 14.5. The van der Waals surface area contributed by atoms with Crippen molar-refractivity contribution in [1.29, 1.82) is 0 Å². The molecule has 1 saturated carbocycles. The average molecular weight is 272 g/mol. The van der Waals surface area contributed by atoms with E-state index < -0.39 is 0 Å². The molecule has 2 N–H and O–H groups in total. The summed E-state index contributed by atoms with van der Waals surface area (Å²) in [6.45, 7) is 4.21. The lowest BCUT2D eigenvalue weighted by Gasteiger charge is -2.17. The molecule has 0 aromatic carbocycles. The molecule has 1 aliphatic carbocycles. The van der Waals surface area contributed by atoms with E-state index in [0.717, 1.165) is 19.3 Å². The Morgan fingerprint density at radius 1 is 1.60 bits per heavy atom. The summed E-state index contributed by atoms with van der Waals surface area (Å²) in [5.74, 6) is 5.13. The molecule has 1 atom stereocenters. The number of hydrogen-bond acceptors (Lipinski definition) is 3. The Morgan fingerprint density at radius 2 is 2.40 bits per heavy atom. The maximum atomic E-state index is 12.3. The van der Waals surface area contributed by atoms with Crippen molar-refractivity contribution < 1.29 is 9.90 Å².